The Labute approximate surface area is 150 Å². The van der Waals surface area contributed by atoms with E-state index in [1.165, 1.54) is 0 Å². The van der Waals surface area contributed by atoms with E-state index in [9.17, 15) is 4.79 Å². The van der Waals surface area contributed by atoms with E-state index in [2.05, 4.69) is 5.32 Å². The molecule has 3 aliphatic heterocycles. The van der Waals surface area contributed by atoms with E-state index >= 15 is 0 Å². The molecule has 4 heterocycles. The van der Waals surface area contributed by atoms with Gasteiger partial charge < -0.3 is 29.0 Å². The van der Waals surface area contributed by atoms with Crippen molar-refractivity contribution >= 4 is 17.2 Å². The molecule has 0 bridgehead atoms. The minimum atomic E-state index is -0.814. The van der Waals surface area contributed by atoms with E-state index in [1.807, 2.05) is 45.2 Å². The van der Waals surface area contributed by atoms with Crippen molar-refractivity contribution in [3.05, 3.63) is 22.4 Å². The summed E-state index contributed by atoms with van der Waals surface area (Å²) in [5.74, 6) is -1.84. The Kier molecular flexibility index (Phi) is 4.18. The first-order chi connectivity index (χ1) is 11.7. The molecule has 0 unspecified atom stereocenters. The van der Waals surface area contributed by atoms with Gasteiger partial charge in [0.2, 0.25) is 0 Å². The molecule has 25 heavy (non-hydrogen) atoms. The quantitative estimate of drug-likeness (QED) is 0.875. The van der Waals surface area contributed by atoms with Crippen LogP contribution in [-0.2, 0) is 35.0 Å². The first kappa shape index (κ1) is 17.4. The molecule has 1 aromatic rings. The van der Waals surface area contributed by atoms with Crippen LogP contribution in [0, 0.1) is 0 Å². The van der Waals surface area contributed by atoms with Crippen molar-refractivity contribution in [2.24, 2.45) is 0 Å². The number of carbonyl (C=O) groups excluding carboxylic acids is 1. The summed E-state index contributed by atoms with van der Waals surface area (Å²) in [6, 6.07) is 3.92. The zero-order valence-corrected chi connectivity index (χ0v) is 15.5. The van der Waals surface area contributed by atoms with Crippen LogP contribution in [0.2, 0.25) is 0 Å². The van der Waals surface area contributed by atoms with Crippen LogP contribution in [0.5, 0.6) is 0 Å². The van der Waals surface area contributed by atoms with Crippen LogP contribution in [-0.4, -0.2) is 48.2 Å². The highest BCUT2D eigenvalue weighted by atomic mass is 32.1. The van der Waals surface area contributed by atoms with Crippen LogP contribution >= 0.6 is 11.3 Å². The number of hydrogen-bond donors (Lipinski definition) is 1. The molecule has 1 aromatic heterocycles. The number of carbonyl (C=O) groups is 1. The molecule has 0 aromatic carbocycles. The van der Waals surface area contributed by atoms with Gasteiger partial charge in [0.15, 0.2) is 24.0 Å². The van der Waals surface area contributed by atoms with Gasteiger partial charge in [-0.15, -0.1) is 11.3 Å². The van der Waals surface area contributed by atoms with Crippen LogP contribution in [0.4, 0.5) is 0 Å². The molecule has 0 saturated carbocycles. The van der Waals surface area contributed by atoms with E-state index in [1.54, 1.807) is 11.3 Å². The maximum Gasteiger partial charge on any atom is 0.252 e. The van der Waals surface area contributed by atoms with E-state index in [-0.39, 0.29) is 5.91 Å². The van der Waals surface area contributed by atoms with Crippen molar-refractivity contribution < 1.29 is 28.5 Å². The molecule has 1 amide bonds. The predicted octanol–water partition coefficient (Wildman–Crippen LogP) is 1.76. The molecule has 0 aliphatic carbocycles. The van der Waals surface area contributed by atoms with Gasteiger partial charge in [-0.1, -0.05) is 6.07 Å². The van der Waals surface area contributed by atoms with Crippen molar-refractivity contribution in [1.29, 1.82) is 0 Å². The van der Waals surface area contributed by atoms with Gasteiger partial charge >= 0.3 is 0 Å². The number of amides is 1. The average Bonchev–Trinajstić information content (AvgIpc) is 3.19. The molecule has 4 rings (SSSR count). The van der Waals surface area contributed by atoms with Gasteiger partial charge in [-0.25, -0.2) is 0 Å². The predicted molar refractivity (Wildman–Crippen MR) is 88.7 cm³/mol. The van der Waals surface area contributed by atoms with Crippen LogP contribution in [0.25, 0.3) is 0 Å². The number of thiophene rings is 1. The van der Waals surface area contributed by atoms with Crippen molar-refractivity contribution in [2.75, 3.05) is 0 Å². The molecule has 138 valence electrons. The third-order valence-corrected chi connectivity index (χ3v) is 5.31. The highest BCUT2D eigenvalue weighted by Crippen LogP contribution is 2.44. The van der Waals surface area contributed by atoms with Gasteiger partial charge in [0.05, 0.1) is 6.54 Å². The Morgan fingerprint density at radius 3 is 2.48 bits per heavy atom. The third kappa shape index (κ3) is 3.34. The minimum Gasteiger partial charge on any atom is -0.349 e. The smallest absolute Gasteiger partial charge is 0.252 e. The lowest BCUT2D eigenvalue weighted by molar-refractivity contribution is -0.231. The molecular weight excluding hydrogens is 346 g/mol. The van der Waals surface area contributed by atoms with Crippen LogP contribution < -0.4 is 5.32 Å². The molecule has 3 aliphatic rings. The summed E-state index contributed by atoms with van der Waals surface area (Å²) in [6.45, 7) is 7.73. The molecule has 1 N–H and O–H groups in total. The number of fused-ring (bicyclic) bond motifs is 3. The summed E-state index contributed by atoms with van der Waals surface area (Å²) in [5, 5.41) is 4.88. The fraction of sp³-hybridized carbons (Fsp3) is 0.706. The van der Waals surface area contributed by atoms with Crippen LogP contribution in [0.1, 0.15) is 32.6 Å². The van der Waals surface area contributed by atoms with Crippen molar-refractivity contribution in [3.63, 3.8) is 0 Å². The second-order valence-electron chi connectivity index (χ2n) is 7.39. The Bertz CT molecular complexity index is 646. The first-order valence-electron chi connectivity index (χ1n) is 8.41. The topological polar surface area (TPSA) is 75.3 Å². The fourth-order valence-electron chi connectivity index (χ4n) is 3.51. The molecule has 3 saturated heterocycles. The van der Waals surface area contributed by atoms with Gasteiger partial charge in [-0.3, -0.25) is 4.79 Å². The maximum atomic E-state index is 12.7. The number of hydrogen-bond acceptors (Lipinski definition) is 7. The molecule has 3 fully saturated rings. The summed E-state index contributed by atoms with van der Waals surface area (Å²) in [6.07, 6.45) is -2.87. The molecule has 5 atom stereocenters. The summed E-state index contributed by atoms with van der Waals surface area (Å²) >= 11 is 1.59. The Hall–Kier alpha value is -1.03. The van der Waals surface area contributed by atoms with Gasteiger partial charge in [0.25, 0.3) is 5.91 Å². The van der Waals surface area contributed by atoms with E-state index in [0.29, 0.717) is 6.54 Å². The number of rotatable bonds is 3. The second kappa shape index (κ2) is 6.00. The third-order valence-electron chi connectivity index (χ3n) is 4.43. The minimum absolute atomic E-state index is 0.239. The zero-order valence-electron chi connectivity index (χ0n) is 14.7. The van der Waals surface area contributed by atoms with Gasteiger partial charge in [-0.2, -0.15) is 0 Å². The average molecular weight is 369 g/mol. The summed E-state index contributed by atoms with van der Waals surface area (Å²) in [4.78, 5) is 13.8. The maximum absolute atomic E-state index is 12.7. The number of nitrogens with one attached hydrogen (secondary N) is 1. The fourth-order valence-corrected chi connectivity index (χ4v) is 4.16. The van der Waals surface area contributed by atoms with E-state index in [4.69, 9.17) is 23.7 Å². The molecule has 0 radical (unpaired) electrons. The van der Waals surface area contributed by atoms with Gasteiger partial charge in [-0.05, 0) is 39.1 Å². The lowest BCUT2D eigenvalue weighted by atomic mass is 9.98. The molecule has 7 nitrogen and oxygen atoms in total. The summed E-state index contributed by atoms with van der Waals surface area (Å²) in [5.41, 5.74) is 0. The lowest BCUT2D eigenvalue weighted by Gasteiger charge is -2.36. The highest BCUT2D eigenvalue weighted by Gasteiger charge is 2.62. The van der Waals surface area contributed by atoms with Crippen LogP contribution in [0.15, 0.2) is 17.5 Å². The normalized spacial score (nSPS) is 38.2. The highest BCUT2D eigenvalue weighted by molar-refractivity contribution is 7.09. The monoisotopic (exact) mass is 369 g/mol. The lowest BCUT2D eigenvalue weighted by Crippen LogP contribution is -2.59. The standard InChI is InChI=1S/C17H23NO6S/c1-16(2)21-10-11(22-16)13-15(24-17(3,4)23-13)20-12(10)14(19)18-8-9-6-5-7-25-9/h5-7,10-13,15H,8H2,1-4H3,(H,18,19)/t10-,11+,12+,13-,15-/m1/s1. The van der Waals surface area contributed by atoms with Gasteiger partial charge in [0.1, 0.15) is 18.3 Å². The first-order valence-corrected chi connectivity index (χ1v) is 9.29. The summed E-state index contributed by atoms with van der Waals surface area (Å²) < 4.78 is 29.6. The van der Waals surface area contributed by atoms with Gasteiger partial charge in [0, 0.05) is 4.88 Å². The van der Waals surface area contributed by atoms with Crippen molar-refractivity contribution in [1.82, 2.24) is 5.32 Å². The zero-order chi connectivity index (χ0) is 17.8. The van der Waals surface area contributed by atoms with E-state index < -0.39 is 42.3 Å². The Morgan fingerprint density at radius 1 is 1.08 bits per heavy atom. The molecule has 8 heteroatoms. The SMILES string of the molecule is CC1(C)O[C@H]2[C@@H](O1)[C@@H](C(=O)NCc1cccs1)O[C@@H]1OC(C)(C)O[C@@H]12. The summed E-state index contributed by atoms with van der Waals surface area (Å²) in [7, 11) is 0. The molecular formula is C17H23NO6S. The molecule has 0 spiro atoms. The van der Waals surface area contributed by atoms with Crippen molar-refractivity contribution in [2.45, 2.75) is 76.5 Å². The van der Waals surface area contributed by atoms with E-state index in [0.717, 1.165) is 4.88 Å². The van der Waals surface area contributed by atoms with Crippen LogP contribution in [0.3, 0.4) is 0 Å². The second-order valence-corrected chi connectivity index (χ2v) is 8.42. The largest absolute Gasteiger partial charge is 0.349 e. The number of ether oxygens (including phenoxy) is 5. The Balaban J connectivity index is 1.52. The van der Waals surface area contributed by atoms with Crippen molar-refractivity contribution in [3.8, 4) is 0 Å². The Morgan fingerprint density at radius 2 is 1.76 bits per heavy atom.